The van der Waals surface area contributed by atoms with E-state index in [9.17, 15) is 0 Å². The molecule has 3 nitrogen and oxygen atoms in total. The molecular weight excluding hydrogens is 673 g/mol. The Morgan fingerprint density at radius 3 is 1.52 bits per heavy atom. The topological polar surface area (TPSA) is 27.7 Å². The van der Waals surface area contributed by atoms with Crippen molar-refractivity contribution >= 4 is 81.8 Å². The smallest absolute Gasteiger partial charge is 0.370 e. The van der Waals surface area contributed by atoms with Crippen LogP contribution in [0.15, 0.2) is 12.1 Å². The first-order valence-electron chi connectivity index (χ1n) is 9.08. The third kappa shape index (κ3) is 7.80. The van der Waals surface area contributed by atoms with Crippen molar-refractivity contribution in [1.82, 2.24) is 0 Å². The molecule has 1 rings (SSSR count). The van der Waals surface area contributed by atoms with Crippen LogP contribution < -0.4 is 5.19 Å². The summed E-state index contributed by atoms with van der Waals surface area (Å²) in [5.74, 6) is 0. The molecule has 0 heterocycles. The van der Waals surface area contributed by atoms with Gasteiger partial charge in [0.15, 0.2) is 0 Å². The first-order valence-corrected chi connectivity index (χ1v) is 14.0. The molecule has 144 valence electrons. The van der Waals surface area contributed by atoms with Crippen LogP contribution in [0.25, 0.3) is 0 Å². The second-order valence-electron chi connectivity index (χ2n) is 5.88. The van der Waals surface area contributed by atoms with Crippen molar-refractivity contribution in [2.45, 2.75) is 59.3 Å². The Hall–Kier alpha value is 1.51. The lowest BCUT2D eigenvalue weighted by Gasteiger charge is -2.32. The summed E-state index contributed by atoms with van der Waals surface area (Å²) < 4.78 is 23.0. The minimum Gasteiger partial charge on any atom is -0.370 e. The molecule has 0 radical (unpaired) electrons. The first kappa shape index (κ1) is 24.5. The van der Waals surface area contributed by atoms with Gasteiger partial charge < -0.3 is 13.3 Å². The standard InChI is InChI=1S/C18H29I3O3Si/c1-4-7-12-22-25(23-13-8-5-2,24-14-9-6-3)18-16(20)11-10-15(19)17(18)21/h10-11H,4-9,12-14H2,1-3H3. The predicted molar refractivity (Wildman–Crippen MR) is 133 cm³/mol. The van der Waals surface area contributed by atoms with Crippen molar-refractivity contribution in [3.8, 4) is 0 Å². The fraction of sp³-hybridized carbons (Fsp3) is 0.667. The maximum Gasteiger partial charge on any atom is 0.539 e. The summed E-state index contributed by atoms with van der Waals surface area (Å²) in [6.07, 6.45) is 6.40. The van der Waals surface area contributed by atoms with Crippen LogP contribution in [0.3, 0.4) is 0 Å². The van der Waals surface area contributed by atoms with Crippen molar-refractivity contribution in [3.05, 3.63) is 22.8 Å². The molecule has 0 fully saturated rings. The third-order valence-corrected chi connectivity index (χ3v) is 11.6. The average Bonchev–Trinajstić information content (AvgIpc) is 2.59. The van der Waals surface area contributed by atoms with Crippen LogP contribution in [0.4, 0.5) is 0 Å². The van der Waals surface area contributed by atoms with Gasteiger partial charge >= 0.3 is 8.80 Å². The second kappa shape index (κ2) is 13.6. The van der Waals surface area contributed by atoms with E-state index in [1.807, 2.05) is 0 Å². The van der Waals surface area contributed by atoms with E-state index < -0.39 is 8.80 Å². The minimum absolute atomic E-state index is 0.693. The molecule has 1 aromatic carbocycles. The Morgan fingerprint density at radius 1 is 0.720 bits per heavy atom. The Labute approximate surface area is 195 Å². The van der Waals surface area contributed by atoms with E-state index in [4.69, 9.17) is 13.3 Å². The number of unbranched alkanes of at least 4 members (excludes halogenated alkanes) is 3. The summed E-state index contributed by atoms with van der Waals surface area (Å²) >= 11 is 7.21. The molecule has 1 aromatic rings. The van der Waals surface area contributed by atoms with Gasteiger partial charge in [-0.3, -0.25) is 0 Å². The number of halogens is 3. The molecule has 0 saturated heterocycles. The van der Waals surface area contributed by atoms with Crippen LogP contribution >= 0.6 is 67.8 Å². The normalized spacial score (nSPS) is 11.9. The van der Waals surface area contributed by atoms with Crippen molar-refractivity contribution < 1.29 is 13.3 Å². The van der Waals surface area contributed by atoms with Gasteiger partial charge in [-0.25, -0.2) is 0 Å². The summed E-state index contributed by atoms with van der Waals surface area (Å²) in [6, 6.07) is 4.30. The van der Waals surface area contributed by atoms with E-state index in [1.165, 1.54) is 10.7 Å². The maximum atomic E-state index is 6.45. The molecule has 0 unspecified atom stereocenters. The largest absolute Gasteiger partial charge is 0.539 e. The average molecular weight is 702 g/mol. The van der Waals surface area contributed by atoms with Gasteiger partial charge in [-0.1, -0.05) is 40.0 Å². The van der Waals surface area contributed by atoms with Crippen LogP contribution in [-0.4, -0.2) is 28.6 Å². The molecule has 7 heteroatoms. The molecule has 0 spiro atoms. The summed E-state index contributed by atoms with van der Waals surface area (Å²) in [6.45, 7) is 8.63. The third-order valence-electron chi connectivity index (χ3n) is 3.72. The van der Waals surface area contributed by atoms with E-state index >= 15 is 0 Å². The lowest BCUT2D eigenvalue weighted by Crippen LogP contribution is -2.59. The Balaban J connectivity index is 3.26. The quantitative estimate of drug-likeness (QED) is 0.108. The number of rotatable bonds is 13. The van der Waals surface area contributed by atoms with E-state index in [1.54, 1.807) is 0 Å². The van der Waals surface area contributed by atoms with Gasteiger partial charge in [0.2, 0.25) is 0 Å². The highest BCUT2D eigenvalue weighted by Gasteiger charge is 2.47. The lowest BCUT2D eigenvalue weighted by molar-refractivity contribution is 0.0697. The number of hydrogen-bond acceptors (Lipinski definition) is 3. The Morgan fingerprint density at radius 2 is 1.12 bits per heavy atom. The van der Waals surface area contributed by atoms with Crippen LogP contribution in [0.1, 0.15) is 59.3 Å². The molecule has 0 atom stereocenters. The molecule has 0 aliphatic rings. The molecule has 0 amide bonds. The van der Waals surface area contributed by atoms with E-state index in [2.05, 4.69) is 101 Å². The van der Waals surface area contributed by atoms with Gasteiger partial charge in [0, 0.05) is 30.5 Å². The van der Waals surface area contributed by atoms with Gasteiger partial charge in [-0.05, 0) is 99.2 Å². The fourth-order valence-corrected chi connectivity index (χ4v) is 9.02. The van der Waals surface area contributed by atoms with Crippen molar-refractivity contribution in [3.63, 3.8) is 0 Å². The zero-order valence-electron chi connectivity index (χ0n) is 15.4. The highest BCUT2D eigenvalue weighted by Crippen LogP contribution is 2.24. The van der Waals surface area contributed by atoms with Crippen molar-refractivity contribution in [1.29, 1.82) is 0 Å². The van der Waals surface area contributed by atoms with Crippen LogP contribution in [0, 0.1) is 10.7 Å². The molecule has 0 saturated carbocycles. The van der Waals surface area contributed by atoms with Gasteiger partial charge in [0.25, 0.3) is 0 Å². The summed E-state index contributed by atoms with van der Waals surface area (Å²) in [7, 11) is -2.92. The van der Waals surface area contributed by atoms with Crippen LogP contribution in [-0.2, 0) is 13.3 Å². The van der Waals surface area contributed by atoms with Gasteiger partial charge in [-0.2, -0.15) is 0 Å². The van der Waals surface area contributed by atoms with Crippen LogP contribution in [0.5, 0.6) is 0 Å². The molecule has 0 N–H and O–H groups in total. The number of hydrogen-bond donors (Lipinski definition) is 0. The predicted octanol–water partition coefficient (Wildman–Crippen LogP) is 6.10. The Kier molecular flexibility index (Phi) is 13.4. The van der Waals surface area contributed by atoms with E-state index in [-0.39, 0.29) is 0 Å². The fourth-order valence-electron chi connectivity index (χ4n) is 2.20. The van der Waals surface area contributed by atoms with Gasteiger partial charge in [0.05, 0.1) is 5.19 Å². The molecular formula is C18H29I3O3Si. The monoisotopic (exact) mass is 702 g/mol. The van der Waals surface area contributed by atoms with Gasteiger partial charge in [-0.15, -0.1) is 0 Å². The second-order valence-corrected chi connectivity index (χ2v) is 11.8. The summed E-state index contributed by atoms with van der Waals surface area (Å²) in [5, 5.41) is 1.16. The number of benzene rings is 1. The maximum absolute atomic E-state index is 6.45. The van der Waals surface area contributed by atoms with Crippen molar-refractivity contribution in [2.75, 3.05) is 19.8 Å². The zero-order valence-corrected chi connectivity index (χ0v) is 22.8. The molecule has 0 aliphatic carbocycles. The van der Waals surface area contributed by atoms with E-state index in [0.29, 0.717) is 19.8 Å². The molecule has 0 aliphatic heterocycles. The minimum atomic E-state index is -2.92. The van der Waals surface area contributed by atoms with Crippen molar-refractivity contribution in [2.24, 2.45) is 0 Å². The first-order chi connectivity index (χ1) is 12.0. The highest BCUT2D eigenvalue weighted by atomic mass is 127. The summed E-state index contributed by atoms with van der Waals surface area (Å²) in [4.78, 5) is 0. The highest BCUT2D eigenvalue weighted by molar-refractivity contribution is 14.1. The van der Waals surface area contributed by atoms with Gasteiger partial charge in [0.1, 0.15) is 0 Å². The van der Waals surface area contributed by atoms with Crippen LogP contribution in [0.2, 0.25) is 0 Å². The SMILES string of the molecule is CCCCO[Si](OCCCC)(OCCCC)c1c(I)ccc(I)c1I. The lowest BCUT2D eigenvalue weighted by atomic mass is 10.4. The zero-order chi connectivity index (χ0) is 18.7. The summed E-state index contributed by atoms with van der Waals surface area (Å²) in [5.41, 5.74) is 0. The Bertz CT molecular complexity index is 488. The van der Waals surface area contributed by atoms with E-state index in [0.717, 1.165) is 43.7 Å². The molecule has 0 aromatic heterocycles. The molecule has 25 heavy (non-hydrogen) atoms. The molecule has 0 bridgehead atoms.